The fourth-order valence-electron chi connectivity index (χ4n) is 3.80. The smallest absolute Gasteiger partial charge is 0.256 e. The summed E-state index contributed by atoms with van der Waals surface area (Å²) in [7, 11) is 0. The van der Waals surface area contributed by atoms with Crippen LogP contribution < -0.4 is 5.32 Å². The highest BCUT2D eigenvalue weighted by atomic mass is 16.1. The zero-order valence-electron chi connectivity index (χ0n) is 18.0. The second kappa shape index (κ2) is 7.74. The summed E-state index contributed by atoms with van der Waals surface area (Å²) in [6, 6.07) is 4.57. The van der Waals surface area contributed by atoms with Gasteiger partial charge in [0.05, 0.1) is 6.20 Å². The molecule has 148 valence electrons. The Kier molecular flexibility index (Phi) is 5.54. The van der Waals surface area contributed by atoms with Crippen LogP contribution in [-0.2, 0) is 6.42 Å². The number of rotatable bonds is 5. The minimum absolute atomic E-state index is 0.117. The molecule has 0 saturated heterocycles. The minimum atomic E-state index is -0.117. The molecule has 3 aromatic rings. The van der Waals surface area contributed by atoms with Crippen LogP contribution in [0.2, 0.25) is 0 Å². The highest BCUT2D eigenvalue weighted by molar-refractivity contribution is 5.99. The van der Waals surface area contributed by atoms with Crippen molar-refractivity contribution in [3.05, 3.63) is 63.1 Å². The summed E-state index contributed by atoms with van der Waals surface area (Å²) in [5, 5.41) is 7.47. The Morgan fingerprint density at radius 3 is 2.36 bits per heavy atom. The van der Waals surface area contributed by atoms with E-state index in [0.29, 0.717) is 11.2 Å². The fraction of sp³-hybridized carbons (Fsp3) is 0.435. The number of aryl methyl sites for hydroxylation is 5. The number of hydrogen-bond donors (Lipinski definition) is 1. The van der Waals surface area contributed by atoms with E-state index in [9.17, 15) is 4.79 Å². The molecule has 3 rings (SSSR count). The molecular formula is C23H30N4O. The van der Waals surface area contributed by atoms with Gasteiger partial charge in [-0.25, -0.2) is 9.50 Å². The van der Waals surface area contributed by atoms with Crippen molar-refractivity contribution in [1.29, 1.82) is 0 Å². The molecule has 28 heavy (non-hydrogen) atoms. The SMILES string of the molecule is CCC(C)NC(=O)c1cnn2c(C)c(Cc3c(C)cc(C)cc3C)c(C)nc12. The van der Waals surface area contributed by atoms with Crippen molar-refractivity contribution in [1.82, 2.24) is 19.9 Å². The van der Waals surface area contributed by atoms with E-state index in [1.807, 2.05) is 13.8 Å². The van der Waals surface area contributed by atoms with Crippen LogP contribution in [0.4, 0.5) is 0 Å². The number of nitrogens with zero attached hydrogens (tertiary/aromatic N) is 3. The summed E-state index contributed by atoms with van der Waals surface area (Å²) < 4.78 is 1.80. The largest absolute Gasteiger partial charge is 0.349 e. The van der Waals surface area contributed by atoms with Gasteiger partial charge < -0.3 is 5.32 Å². The van der Waals surface area contributed by atoms with Gasteiger partial charge in [-0.2, -0.15) is 5.10 Å². The molecule has 2 heterocycles. The number of carbonyl (C=O) groups excluding carboxylic acids is 1. The molecule has 0 bridgehead atoms. The number of fused-ring (bicyclic) bond motifs is 1. The monoisotopic (exact) mass is 378 g/mol. The molecule has 0 aliphatic carbocycles. The van der Waals surface area contributed by atoms with E-state index in [1.54, 1.807) is 10.7 Å². The standard InChI is InChI=1S/C23H30N4O/c1-8-16(5)25-23(28)21-12-24-27-18(7)20(17(6)26-22(21)27)11-19-14(3)9-13(2)10-15(19)4/h9-10,12,16H,8,11H2,1-7H3,(H,25,28). The van der Waals surface area contributed by atoms with E-state index in [4.69, 9.17) is 4.98 Å². The molecule has 2 aromatic heterocycles. The normalized spacial score (nSPS) is 12.4. The van der Waals surface area contributed by atoms with Crippen LogP contribution in [0.15, 0.2) is 18.3 Å². The van der Waals surface area contributed by atoms with Gasteiger partial charge in [0.25, 0.3) is 5.91 Å². The van der Waals surface area contributed by atoms with Gasteiger partial charge in [-0.15, -0.1) is 0 Å². The number of hydrogen-bond acceptors (Lipinski definition) is 3. The quantitative estimate of drug-likeness (QED) is 0.716. The second-order valence-electron chi connectivity index (χ2n) is 7.89. The Morgan fingerprint density at radius 2 is 1.75 bits per heavy atom. The molecule has 1 N–H and O–H groups in total. The first kappa shape index (κ1) is 20.1. The molecule has 0 radical (unpaired) electrons. The van der Waals surface area contributed by atoms with Crippen LogP contribution in [0.5, 0.6) is 0 Å². The van der Waals surface area contributed by atoms with Gasteiger partial charge in [-0.05, 0) is 70.2 Å². The Morgan fingerprint density at radius 1 is 1.11 bits per heavy atom. The van der Waals surface area contributed by atoms with Gasteiger partial charge in [0.1, 0.15) is 5.56 Å². The van der Waals surface area contributed by atoms with Gasteiger partial charge in [0.2, 0.25) is 0 Å². The molecule has 5 heteroatoms. The predicted molar refractivity (Wildman–Crippen MR) is 113 cm³/mol. The lowest BCUT2D eigenvalue weighted by atomic mass is 9.93. The average Bonchev–Trinajstić information content (AvgIpc) is 3.04. The van der Waals surface area contributed by atoms with Crippen molar-refractivity contribution in [2.24, 2.45) is 0 Å². The molecule has 0 fully saturated rings. The highest BCUT2D eigenvalue weighted by Gasteiger charge is 2.20. The summed E-state index contributed by atoms with van der Waals surface area (Å²) in [4.78, 5) is 17.4. The topological polar surface area (TPSA) is 59.3 Å². The van der Waals surface area contributed by atoms with Crippen molar-refractivity contribution in [3.8, 4) is 0 Å². The number of benzene rings is 1. The maximum absolute atomic E-state index is 12.6. The van der Waals surface area contributed by atoms with Crippen LogP contribution in [0.3, 0.4) is 0 Å². The van der Waals surface area contributed by atoms with Crippen molar-refractivity contribution in [3.63, 3.8) is 0 Å². The minimum Gasteiger partial charge on any atom is -0.349 e. The third-order valence-corrected chi connectivity index (χ3v) is 5.64. The summed E-state index contributed by atoms with van der Waals surface area (Å²) in [5.41, 5.74) is 9.50. The second-order valence-corrected chi connectivity index (χ2v) is 7.89. The predicted octanol–water partition coefficient (Wildman–Crippen LogP) is 4.39. The summed E-state index contributed by atoms with van der Waals surface area (Å²) >= 11 is 0. The lowest BCUT2D eigenvalue weighted by molar-refractivity contribution is 0.0940. The summed E-state index contributed by atoms with van der Waals surface area (Å²) in [6.45, 7) is 14.6. The van der Waals surface area contributed by atoms with Crippen molar-refractivity contribution in [2.75, 3.05) is 0 Å². The Bertz CT molecular complexity index is 1030. The first-order valence-electron chi connectivity index (χ1n) is 9.94. The Balaban J connectivity index is 2.04. The van der Waals surface area contributed by atoms with E-state index in [2.05, 4.69) is 57.2 Å². The van der Waals surface area contributed by atoms with Gasteiger partial charge in [0.15, 0.2) is 5.65 Å². The molecule has 1 atom stereocenters. The first-order chi connectivity index (χ1) is 13.2. The third kappa shape index (κ3) is 3.66. The van der Waals surface area contributed by atoms with E-state index in [1.165, 1.54) is 27.8 Å². The third-order valence-electron chi connectivity index (χ3n) is 5.64. The summed E-state index contributed by atoms with van der Waals surface area (Å²) in [5.74, 6) is -0.117. The summed E-state index contributed by atoms with van der Waals surface area (Å²) in [6.07, 6.45) is 3.32. The van der Waals surface area contributed by atoms with Crippen LogP contribution >= 0.6 is 0 Å². The van der Waals surface area contributed by atoms with E-state index in [0.717, 1.165) is 24.2 Å². The molecule has 0 saturated carbocycles. The molecule has 0 spiro atoms. The van der Waals surface area contributed by atoms with Crippen molar-refractivity contribution >= 4 is 11.6 Å². The molecule has 1 aromatic carbocycles. The van der Waals surface area contributed by atoms with E-state index in [-0.39, 0.29) is 11.9 Å². The number of aromatic nitrogens is 3. The zero-order valence-corrected chi connectivity index (χ0v) is 18.0. The van der Waals surface area contributed by atoms with Crippen LogP contribution in [0.25, 0.3) is 5.65 Å². The van der Waals surface area contributed by atoms with Gasteiger partial charge in [-0.3, -0.25) is 4.79 Å². The Labute approximate surface area is 167 Å². The number of carbonyl (C=O) groups is 1. The molecule has 1 unspecified atom stereocenters. The lowest BCUT2D eigenvalue weighted by Crippen LogP contribution is -2.31. The first-order valence-corrected chi connectivity index (χ1v) is 9.94. The number of amides is 1. The fourth-order valence-corrected chi connectivity index (χ4v) is 3.80. The highest BCUT2D eigenvalue weighted by Crippen LogP contribution is 2.24. The van der Waals surface area contributed by atoms with Crippen molar-refractivity contribution < 1.29 is 4.79 Å². The zero-order chi connectivity index (χ0) is 20.6. The maximum Gasteiger partial charge on any atom is 0.256 e. The van der Waals surface area contributed by atoms with Crippen LogP contribution in [-0.4, -0.2) is 26.5 Å². The van der Waals surface area contributed by atoms with Gasteiger partial charge >= 0.3 is 0 Å². The van der Waals surface area contributed by atoms with Crippen LogP contribution in [0, 0.1) is 34.6 Å². The molecule has 0 aliphatic heterocycles. The molecule has 1 amide bonds. The van der Waals surface area contributed by atoms with Crippen molar-refractivity contribution in [2.45, 2.75) is 67.3 Å². The molecular weight excluding hydrogens is 348 g/mol. The van der Waals surface area contributed by atoms with Gasteiger partial charge in [-0.1, -0.05) is 24.6 Å². The average molecular weight is 379 g/mol. The van der Waals surface area contributed by atoms with E-state index >= 15 is 0 Å². The maximum atomic E-state index is 12.6. The number of nitrogens with one attached hydrogen (secondary N) is 1. The lowest BCUT2D eigenvalue weighted by Gasteiger charge is -2.16. The van der Waals surface area contributed by atoms with Gasteiger partial charge in [0, 0.05) is 23.9 Å². The molecule has 5 nitrogen and oxygen atoms in total. The Hall–Kier alpha value is -2.69. The van der Waals surface area contributed by atoms with E-state index < -0.39 is 0 Å². The molecule has 0 aliphatic rings. The van der Waals surface area contributed by atoms with Crippen LogP contribution in [0.1, 0.15) is 69.8 Å².